The number of amides is 1. The van der Waals surface area contributed by atoms with Crippen LogP contribution < -0.4 is 5.32 Å². The monoisotopic (exact) mass is 817 g/mol. The molecule has 2 aromatic rings. The highest BCUT2D eigenvalue weighted by Crippen LogP contribution is 2.39. The van der Waals surface area contributed by atoms with Crippen molar-refractivity contribution in [3.05, 3.63) is 24.5 Å². The molecule has 17 heteroatoms. The number of methoxy groups -OCH3 is 1. The van der Waals surface area contributed by atoms with Crippen molar-refractivity contribution in [1.82, 2.24) is 40.3 Å². The van der Waals surface area contributed by atoms with Crippen LogP contribution in [-0.4, -0.2) is 152 Å². The molecule has 3 aliphatic rings. The highest BCUT2D eigenvalue weighted by Gasteiger charge is 2.58. The number of cyclic esters (lactones) is 1. The molecule has 1 amide bonds. The van der Waals surface area contributed by atoms with Crippen molar-refractivity contribution in [3.8, 4) is 11.4 Å². The number of carbonyl (C=O) groups is 3. The summed E-state index contributed by atoms with van der Waals surface area (Å²) in [5.41, 5.74) is -0.978. The molecule has 0 aromatic carbocycles. The van der Waals surface area contributed by atoms with Gasteiger partial charge in [0, 0.05) is 44.9 Å². The number of fused-ring (bicyclic) bond motifs is 1. The second-order valence-corrected chi connectivity index (χ2v) is 16.8. The Labute approximate surface area is 343 Å². The van der Waals surface area contributed by atoms with E-state index in [1.807, 2.05) is 65.9 Å². The number of unbranched alkanes of at least 4 members (excludes halogenated alkanes) is 1. The lowest BCUT2D eigenvalue weighted by molar-refractivity contribution is -0.289. The minimum Gasteiger partial charge on any atom is -0.458 e. The molecule has 0 aliphatic carbocycles. The highest BCUT2D eigenvalue weighted by molar-refractivity contribution is 5.99. The van der Waals surface area contributed by atoms with Crippen LogP contribution in [0.5, 0.6) is 0 Å². The smallest absolute Gasteiger partial charge is 0.410 e. The van der Waals surface area contributed by atoms with Gasteiger partial charge in [-0.05, 0) is 105 Å². The Bertz CT molecular complexity index is 1650. The second-order valence-electron chi connectivity index (χ2n) is 16.8. The molecule has 326 valence electrons. The van der Waals surface area contributed by atoms with E-state index in [-0.39, 0.29) is 38.0 Å². The van der Waals surface area contributed by atoms with Crippen LogP contribution >= 0.6 is 0 Å². The Kier molecular flexibility index (Phi) is 16.3. The number of aliphatic hydroxyl groups excluding tert-OH is 1. The lowest BCUT2D eigenvalue weighted by Gasteiger charge is -2.45. The number of aliphatic hydroxyl groups is 1. The number of ether oxygens (including phenoxy) is 5. The number of likely N-dealkylation sites (N-methyl/N-ethyl adjacent to an activating group) is 1. The zero-order valence-electron chi connectivity index (χ0n) is 35.3. The molecule has 17 nitrogen and oxygen atoms in total. The zero-order chi connectivity index (χ0) is 41.7. The summed E-state index contributed by atoms with van der Waals surface area (Å²) in [7, 11) is 5.38. The van der Waals surface area contributed by atoms with Crippen molar-refractivity contribution in [2.45, 2.75) is 161 Å². The van der Waals surface area contributed by atoms with Crippen molar-refractivity contribution in [2.24, 2.45) is 11.8 Å². The molecule has 0 bridgehead atoms. The molecule has 2 N–H and O–H groups in total. The van der Waals surface area contributed by atoms with Crippen molar-refractivity contribution >= 4 is 17.8 Å². The molecule has 3 unspecified atom stereocenters. The molecule has 5 heterocycles. The Morgan fingerprint density at radius 1 is 1.07 bits per heavy atom. The Morgan fingerprint density at radius 2 is 1.79 bits per heavy atom. The fourth-order valence-corrected chi connectivity index (χ4v) is 8.67. The number of esters is 1. The third-order valence-corrected chi connectivity index (χ3v) is 12.1. The summed E-state index contributed by atoms with van der Waals surface area (Å²) in [4.78, 5) is 45.3. The molecule has 12 atom stereocenters. The Balaban J connectivity index is 0.00000744. The Hall–Kier alpha value is -3.61. The van der Waals surface area contributed by atoms with Crippen molar-refractivity contribution in [3.63, 3.8) is 0 Å². The quantitative estimate of drug-likeness (QED) is 0.189. The number of hydrogen-bond acceptors (Lipinski definition) is 15. The van der Waals surface area contributed by atoms with Crippen LogP contribution in [0, 0.1) is 11.8 Å². The van der Waals surface area contributed by atoms with Crippen LogP contribution in [0.4, 0.5) is 4.79 Å². The molecule has 3 fully saturated rings. The van der Waals surface area contributed by atoms with E-state index in [1.165, 1.54) is 6.92 Å². The summed E-state index contributed by atoms with van der Waals surface area (Å²) in [5, 5.41) is 31.5. The first-order valence-corrected chi connectivity index (χ1v) is 20.4. The average Bonchev–Trinajstić information content (AvgIpc) is 3.76. The lowest BCUT2D eigenvalue weighted by atomic mass is 9.83. The lowest BCUT2D eigenvalue weighted by Crippen LogP contribution is -2.61. The second kappa shape index (κ2) is 20.1. The van der Waals surface area contributed by atoms with E-state index in [0.29, 0.717) is 63.1 Å². The maximum Gasteiger partial charge on any atom is 0.410 e. The van der Waals surface area contributed by atoms with Crippen LogP contribution in [-0.2, 0) is 39.8 Å². The van der Waals surface area contributed by atoms with Gasteiger partial charge in [0.15, 0.2) is 11.9 Å². The first-order chi connectivity index (χ1) is 27.0. The number of ketones is 1. The first-order valence-electron chi connectivity index (χ1n) is 20.4. The molecule has 0 spiro atoms. The minimum atomic E-state index is -1.22. The largest absolute Gasteiger partial charge is 0.458 e. The van der Waals surface area contributed by atoms with Crippen LogP contribution in [0.25, 0.3) is 11.4 Å². The molecule has 3 saturated heterocycles. The van der Waals surface area contributed by atoms with Crippen LogP contribution in [0.1, 0.15) is 94.4 Å². The van der Waals surface area contributed by atoms with Crippen molar-refractivity contribution in [1.29, 1.82) is 0 Å². The Morgan fingerprint density at radius 3 is 2.45 bits per heavy atom. The predicted octanol–water partition coefficient (Wildman–Crippen LogP) is 3.88. The fraction of sp³-hybridized carbons (Fsp3) is 0.780. The third-order valence-electron chi connectivity index (χ3n) is 12.1. The number of Topliss-reactive ketones (excluding diaryl/α,β-unsaturated/α-hetero) is 1. The van der Waals surface area contributed by atoms with Gasteiger partial charge in [0.25, 0.3) is 0 Å². The van der Waals surface area contributed by atoms with E-state index in [1.54, 1.807) is 29.0 Å². The van der Waals surface area contributed by atoms with E-state index >= 15 is 0 Å². The third kappa shape index (κ3) is 10.6. The van der Waals surface area contributed by atoms with E-state index < -0.39 is 65.6 Å². The maximum atomic E-state index is 14.0. The molecule has 5 rings (SSSR count). The summed E-state index contributed by atoms with van der Waals surface area (Å²) in [5.74, 6) is -2.27. The van der Waals surface area contributed by atoms with Crippen molar-refractivity contribution < 1.29 is 43.2 Å². The summed E-state index contributed by atoms with van der Waals surface area (Å²) in [6.07, 6.45) is 1.63. The van der Waals surface area contributed by atoms with Crippen LogP contribution in [0.2, 0.25) is 0 Å². The number of nitrogens with one attached hydrogen (secondary N) is 1. The van der Waals surface area contributed by atoms with Crippen LogP contribution in [0.3, 0.4) is 0 Å². The first kappa shape index (κ1) is 47.1. The zero-order valence-corrected chi connectivity index (χ0v) is 35.3. The van der Waals surface area contributed by atoms with Gasteiger partial charge >= 0.3 is 12.1 Å². The number of aromatic nitrogens is 5. The maximum absolute atomic E-state index is 14.0. The number of aryl methyl sites for hydroxylation is 1. The van der Waals surface area contributed by atoms with Gasteiger partial charge in [-0.1, -0.05) is 26.5 Å². The number of rotatable bonds is 11. The van der Waals surface area contributed by atoms with E-state index in [2.05, 4.69) is 32.7 Å². The van der Waals surface area contributed by atoms with Gasteiger partial charge < -0.3 is 39.0 Å². The SMILES string of the molecule is C.CC[C@H]1OC(=O)[C@H](C)C(=O)C[C@@H](O[C@@H]2OC(C)CC(N(C)C)C2O)[C@](C)(OC)C[C@@H](C)CN[C@H](C)[C@H]2N(CCCCn3cc(-c4cccnn4)nn3)C(=O)O[C@]12C. The molecular weight excluding hydrogens is 748 g/mol. The summed E-state index contributed by atoms with van der Waals surface area (Å²) >= 11 is 0. The van der Waals surface area contributed by atoms with Gasteiger partial charge in [-0.2, -0.15) is 5.10 Å². The van der Waals surface area contributed by atoms with Gasteiger partial charge in [0.2, 0.25) is 0 Å². The predicted molar refractivity (Wildman–Crippen MR) is 215 cm³/mol. The minimum absolute atomic E-state index is 0. The number of nitrogens with zero attached hydrogens (tertiary/aromatic N) is 7. The topological polar surface area (TPSA) is 193 Å². The van der Waals surface area contributed by atoms with E-state index in [0.717, 1.165) is 0 Å². The highest BCUT2D eigenvalue weighted by atomic mass is 16.7. The molecule has 0 saturated carbocycles. The van der Waals surface area contributed by atoms with Gasteiger partial charge in [-0.25, -0.2) is 4.79 Å². The number of carbonyl (C=O) groups excluding carboxylic acids is 3. The van der Waals surface area contributed by atoms with Crippen LogP contribution in [0.15, 0.2) is 24.5 Å². The summed E-state index contributed by atoms with van der Waals surface area (Å²) in [6, 6.07) is 2.59. The van der Waals surface area contributed by atoms with Gasteiger partial charge in [-0.3, -0.25) is 19.2 Å². The van der Waals surface area contributed by atoms with Gasteiger partial charge in [0.05, 0.1) is 30.0 Å². The molecular formula is C41H68N8O9. The average molecular weight is 817 g/mol. The van der Waals surface area contributed by atoms with E-state index in [4.69, 9.17) is 23.7 Å². The number of hydrogen-bond donors (Lipinski definition) is 2. The summed E-state index contributed by atoms with van der Waals surface area (Å²) in [6.45, 7) is 14.6. The molecule has 2 aromatic heterocycles. The van der Waals surface area contributed by atoms with Gasteiger partial charge in [-0.15, -0.1) is 10.2 Å². The fourth-order valence-electron chi connectivity index (χ4n) is 8.67. The van der Waals surface area contributed by atoms with E-state index in [9.17, 15) is 19.5 Å². The molecule has 3 aliphatic heterocycles. The molecule has 0 radical (unpaired) electrons. The standard InChI is InChI=1S/C40H64N8O9.CH4/c1-11-32-40(7)35(48(38(52)57-40)18-13-12-17-47-23-29(44-45-47)28-15-14-16-42-43-28)27(5)41-22-24(2)21-39(6,53-10)33(20-31(49)26(4)36(51)55-32)56-37-34(50)30(46(8)9)19-25(3)54-37;/h14-16,23-27,30,32-35,37,41,50H,11-13,17-22H2,1-10H3;1H4/t24-,25?,26-,27-,30?,32-,33-,34?,35-,37+,39-,40-;/m1./s1. The van der Waals surface area contributed by atoms with Crippen molar-refractivity contribution in [2.75, 3.05) is 34.3 Å². The van der Waals surface area contributed by atoms with Gasteiger partial charge in [0.1, 0.15) is 35.3 Å². The molecule has 58 heavy (non-hydrogen) atoms. The normalized spacial score (nSPS) is 35.4. The summed E-state index contributed by atoms with van der Waals surface area (Å²) < 4.78 is 32.9.